The number of nitrogens with two attached hydrogens (primary N) is 1. The standard InChI is InChI=1S/C15H21N3O2/c16-15(20)17-11-7-12-3-4-13(8-11)18(12)9-10-1-5-14(19)6-2-10/h1-2,5-6,11-13,19H,3-4,7-9H2,(H3,16,17,20)/t11-,12-,13+. The Morgan fingerprint density at radius 3 is 2.40 bits per heavy atom. The largest absolute Gasteiger partial charge is 0.508 e. The van der Waals surface area contributed by atoms with Crippen molar-refractivity contribution in [1.29, 1.82) is 0 Å². The number of piperidine rings is 1. The van der Waals surface area contributed by atoms with Gasteiger partial charge >= 0.3 is 6.03 Å². The fourth-order valence-electron chi connectivity index (χ4n) is 3.66. The van der Waals surface area contributed by atoms with Crippen LogP contribution in [0.3, 0.4) is 0 Å². The molecule has 3 atom stereocenters. The second-order valence-corrected chi connectivity index (χ2v) is 5.90. The average Bonchev–Trinajstić information content (AvgIpc) is 2.63. The molecule has 108 valence electrons. The molecule has 1 aromatic rings. The Balaban J connectivity index is 1.65. The quantitative estimate of drug-likeness (QED) is 0.783. The molecule has 0 aliphatic carbocycles. The number of amides is 2. The highest BCUT2D eigenvalue weighted by atomic mass is 16.3. The van der Waals surface area contributed by atoms with Gasteiger partial charge in [0.05, 0.1) is 0 Å². The summed E-state index contributed by atoms with van der Waals surface area (Å²) in [6.45, 7) is 0.916. The first-order valence-electron chi connectivity index (χ1n) is 7.21. The molecule has 2 heterocycles. The molecular formula is C15H21N3O2. The summed E-state index contributed by atoms with van der Waals surface area (Å²) < 4.78 is 0. The van der Waals surface area contributed by atoms with Crippen LogP contribution in [-0.2, 0) is 6.54 Å². The fraction of sp³-hybridized carbons (Fsp3) is 0.533. The number of phenols is 1. The van der Waals surface area contributed by atoms with E-state index in [1.54, 1.807) is 12.1 Å². The van der Waals surface area contributed by atoms with Crippen LogP contribution in [0.4, 0.5) is 4.79 Å². The van der Waals surface area contributed by atoms with Gasteiger partial charge in [-0.05, 0) is 43.4 Å². The Labute approximate surface area is 118 Å². The first kappa shape index (κ1) is 13.2. The number of urea groups is 1. The van der Waals surface area contributed by atoms with Crippen LogP contribution in [0, 0.1) is 0 Å². The third kappa shape index (κ3) is 2.72. The number of hydrogen-bond acceptors (Lipinski definition) is 3. The van der Waals surface area contributed by atoms with Crippen molar-refractivity contribution >= 4 is 6.03 Å². The van der Waals surface area contributed by atoms with Crippen molar-refractivity contribution in [3.05, 3.63) is 29.8 Å². The predicted molar refractivity (Wildman–Crippen MR) is 76.2 cm³/mol. The predicted octanol–water partition coefficient (Wildman–Crippen LogP) is 1.56. The lowest BCUT2D eigenvalue weighted by Gasteiger charge is -2.39. The lowest BCUT2D eigenvalue weighted by Crippen LogP contribution is -2.51. The van der Waals surface area contributed by atoms with Crippen LogP contribution < -0.4 is 11.1 Å². The number of aromatic hydroxyl groups is 1. The molecule has 5 heteroatoms. The average molecular weight is 275 g/mol. The number of carbonyl (C=O) groups is 1. The summed E-state index contributed by atoms with van der Waals surface area (Å²) in [6, 6.07) is 8.28. The molecule has 3 rings (SSSR count). The van der Waals surface area contributed by atoms with Crippen LogP contribution in [0.15, 0.2) is 24.3 Å². The maximum Gasteiger partial charge on any atom is 0.312 e. The topological polar surface area (TPSA) is 78.6 Å². The molecule has 2 fully saturated rings. The number of rotatable bonds is 3. The van der Waals surface area contributed by atoms with Gasteiger partial charge in [-0.2, -0.15) is 0 Å². The summed E-state index contributed by atoms with van der Waals surface area (Å²) in [5.41, 5.74) is 6.44. The molecule has 0 saturated carbocycles. The third-order valence-electron chi connectivity index (χ3n) is 4.53. The van der Waals surface area contributed by atoms with E-state index >= 15 is 0 Å². The van der Waals surface area contributed by atoms with E-state index in [9.17, 15) is 9.90 Å². The zero-order chi connectivity index (χ0) is 14.1. The minimum atomic E-state index is -0.415. The maximum absolute atomic E-state index is 11.0. The zero-order valence-electron chi connectivity index (χ0n) is 11.5. The molecule has 0 aromatic heterocycles. The van der Waals surface area contributed by atoms with E-state index in [4.69, 9.17) is 5.73 Å². The maximum atomic E-state index is 11.0. The molecule has 20 heavy (non-hydrogen) atoms. The highest BCUT2D eigenvalue weighted by Crippen LogP contribution is 2.36. The lowest BCUT2D eigenvalue weighted by molar-refractivity contribution is 0.112. The SMILES string of the molecule is NC(=O)N[C@@H]1C[C@H]2CC[C@@H](C1)N2Cc1ccc(O)cc1. The van der Waals surface area contributed by atoms with Crippen molar-refractivity contribution in [3.8, 4) is 5.75 Å². The van der Waals surface area contributed by atoms with Crippen molar-refractivity contribution in [1.82, 2.24) is 10.2 Å². The first-order valence-corrected chi connectivity index (χ1v) is 7.21. The van der Waals surface area contributed by atoms with E-state index in [1.165, 1.54) is 18.4 Å². The third-order valence-corrected chi connectivity index (χ3v) is 4.53. The summed E-state index contributed by atoms with van der Waals surface area (Å²) in [4.78, 5) is 13.5. The van der Waals surface area contributed by atoms with Crippen LogP contribution in [0.5, 0.6) is 5.75 Å². The normalized spacial score (nSPS) is 29.3. The summed E-state index contributed by atoms with van der Waals surface area (Å²) in [6.07, 6.45) is 4.36. The fourth-order valence-corrected chi connectivity index (χ4v) is 3.66. The lowest BCUT2D eigenvalue weighted by atomic mass is 9.96. The molecule has 5 nitrogen and oxygen atoms in total. The number of nitrogens with zero attached hydrogens (tertiary/aromatic N) is 1. The summed E-state index contributed by atoms with van der Waals surface area (Å²) in [5.74, 6) is 0.307. The number of primary amides is 1. The summed E-state index contributed by atoms with van der Waals surface area (Å²) in [7, 11) is 0. The molecule has 0 spiro atoms. The summed E-state index contributed by atoms with van der Waals surface area (Å²) in [5, 5.41) is 12.2. The monoisotopic (exact) mass is 275 g/mol. The molecule has 4 N–H and O–H groups in total. The molecule has 2 saturated heterocycles. The number of carbonyl (C=O) groups excluding carboxylic acids is 1. The van der Waals surface area contributed by atoms with Gasteiger partial charge in [-0.1, -0.05) is 12.1 Å². The van der Waals surface area contributed by atoms with Crippen molar-refractivity contribution in [3.63, 3.8) is 0 Å². The van der Waals surface area contributed by atoms with Crippen LogP contribution in [-0.4, -0.2) is 34.2 Å². The smallest absolute Gasteiger partial charge is 0.312 e. The van der Waals surface area contributed by atoms with E-state index < -0.39 is 6.03 Å². The molecule has 0 radical (unpaired) electrons. The molecule has 0 unspecified atom stereocenters. The number of fused-ring (bicyclic) bond motifs is 2. The molecule has 1 aromatic carbocycles. The van der Waals surface area contributed by atoms with Crippen LogP contribution in [0.1, 0.15) is 31.2 Å². The van der Waals surface area contributed by atoms with Crippen molar-refractivity contribution < 1.29 is 9.90 Å². The second-order valence-electron chi connectivity index (χ2n) is 5.90. The minimum Gasteiger partial charge on any atom is -0.508 e. The Morgan fingerprint density at radius 1 is 1.25 bits per heavy atom. The van der Waals surface area contributed by atoms with Gasteiger partial charge in [-0.25, -0.2) is 4.79 Å². The Bertz CT molecular complexity index is 474. The highest BCUT2D eigenvalue weighted by Gasteiger charge is 2.40. The van der Waals surface area contributed by atoms with Crippen LogP contribution >= 0.6 is 0 Å². The van der Waals surface area contributed by atoms with Gasteiger partial charge in [0.2, 0.25) is 0 Å². The molecular weight excluding hydrogens is 254 g/mol. The number of nitrogens with one attached hydrogen (secondary N) is 1. The Hall–Kier alpha value is -1.75. The van der Waals surface area contributed by atoms with Gasteiger partial charge in [0.1, 0.15) is 5.75 Å². The Morgan fingerprint density at radius 2 is 1.85 bits per heavy atom. The second kappa shape index (κ2) is 5.32. The minimum absolute atomic E-state index is 0.223. The molecule has 2 bridgehead atoms. The highest BCUT2D eigenvalue weighted by molar-refractivity contribution is 5.72. The summed E-state index contributed by atoms with van der Waals surface area (Å²) >= 11 is 0. The van der Waals surface area contributed by atoms with Crippen molar-refractivity contribution in [2.24, 2.45) is 5.73 Å². The molecule has 2 aliphatic heterocycles. The van der Waals surface area contributed by atoms with Gasteiger partial charge in [0, 0.05) is 24.7 Å². The molecule has 2 amide bonds. The number of benzene rings is 1. The Kier molecular flexibility index (Phi) is 3.53. The van der Waals surface area contributed by atoms with E-state index in [0.717, 1.165) is 19.4 Å². The van der Waals surface area contributed by atoms with Crippen LogP contribution in [0.25, 0.3) is 0 Å². The molecule has 2 aliphatic rings. The van der Waals surface area contributed by atoms with Crippen molar-refractivity contribution in [2.45, 2.75) is 50.4 Å². The van der Waals surface area contributed by atoms with Crippen LogP contribution in [0.2, 0.25) is 0 Å². The van der Waals surface area contributed by atoms with Crippen molar-refractivity contribution in [2.75, 3.05) is 0 Å². The van der Waals surface area contributed by atoms with Gasteiger partial charge in [0.15, 0.2) is 0 Å². The number of phenolic OH excluding ortho intramolecular Hbond substituents is 1. The zero-order valence-corrected chi connectivity index (χ0v) is 11.5. The van der Waals surface area contributed by atoms with E-state index in [1.807, 2.05) is 12.1 Å². The van der Waals surface area contributed by atoms with Gasteiger partial charge in [-0.15, -0.1) is 0 Å². The van der Waals surface area contributed by atoms with E-state index in [0.29, 0.717) is 17.8 Å². The number of hydrogen-bond donors (Lipinski definition) is 3. The van der Waals surface area contributed by atoms with Gasteiger partial charge in [-0.3, -0.25) is 4.90 Å². The van der Waals surface area contributed by atoms with E-state index in [-0.39, 0.29) is 6.04 Å². The van der Waals surface area contributed by atoms with Gasteiger partial charge < -0.3 is 16.2 Å². The van der Waals surface area contributed by atoms with Gasteiger partial charge in [0.25, 0.3) is 0 Å². The first-order chi connectivity index (χ1) is 9.61. The van der Waals surface area contributed by atoms with E-state index in [2.05, 4.69) is 10.2 Å².